The molecule has 2 N–H and O–H groups in total. The van der Waals surface area contributed by atoms with Crippen LogP contribution in [-0.2, 0) is 4.79 Å². The number of nitrogens with one attached hydrogen (secondary N) is 2. The summed E-state index contributed by atoms with van der Waals surface area (Å²) in [7, 11) is 0. The van der Waals surface area contributed by atoms with Gasteiger partial charge in [-0.25, -0.2) is 0 Å². The van der Waals surface area contributed by atoms with Crippen molar-refractivity contribution in [2.45, 2.75) is 46.5 Å². The van der Waals surface area contributed by atoms with Crippen molar-refractivity contribution in [2.75, 3.05) is 23.8 Å². The Morgan fingerprint density at radius 1 is 1.04 bits per heavy atom. The summed E-state index contributed by atoms with van der Waals surface area (Å²) in [6.45, 7) is 7.21. The molecule has 0 saturated heterocycles. The minimum atomic E-state index is -0.0778. The molecule has 0 aliphatic rings. The van der Waals surface area contributed by atoms with Gasteiger partial charge >= 0.3 is 0 Å². The van der Waals surface area contributed by atoms with Crippen molar-refractivity contribution in [3.63, 3.8) is 0 Å². The van der Waals surface area contributed by atoms with Gasteiger partial charge < -0.3 is 15.4 Å². The summed E-state index contributed by atoms with van der Waals surface area (Å²) < 4.78 is 5.77. The van der Waals surface area contributed by atoms with Crippen LogP contribution in [0.3, 0.4) is 0 Å². The van der Waals surface area contributed by atoms with E-state index in [1.807, 2.05) is 38.1 Å². The Kier molecular flexibility index (Phi) is 8.00. The van der Waals surface area contributed by atoms with Crippen LogP contribution >= 0.6 is 0 Å². The molecule has 0 aromatic heterocycles. The monoisotopic (exact) mass is 354 g/mol. The van der Waals surface area contributed by atoms with Crippen LogP contribution in [-0.4, -0.2) is 19.1 Å². The van der Waals surface area contributed by atoms with Crippen molar-refractivity contribution in [3.8, 4) is 5.75 Å². The van der Waals surface area contributed by atoms with Gasteiger partial charge in [-0.1, -0.05) is 44.4 Å². The van der Waals surface area contributed by atoms with Crippen LogP contribution in [0, 0.1) is 13.8 Å². The molecule has 0 atom stereocenters. The molecule has 2 aromatic rings. The molecule has 4 nitrogen and oxygen atoms in total. The summed E-state index contributed by atoms with van der Waals surface area (Å²) in [6.07, 6.45) is 4.71. The van der Waals surface area contributed by atoms with Gasteiger partial charge in [-0.15, -0.1) is 0 Å². The van der Waals surface area contributed by atoms with Gasteiger partial charge in [0.05, 0.1) is 13.2 Å². The van der Waals surface area contributed by atoms with Crippen LogP contribution in [0.4, 0.5) is 11.4 Å². The maximum Gasteiger partial charge on any atom is 0.243 e. The maximum absolute atomic E-state index is 12.2. The highest BCUT2D eigenvalue weighted by atomic mass is 16.5. The van der Waals surface area contributed by atoms with E-state index in [2.05, 4.69) is 35.8 Å². The number of anilines is 2. The lowest BCUT2D eigenvalue weighted by Crippen LogP contribution is -2.22. The molecule has 2 aromatic carbocycles. The van der Waals surface area contributed by atoms with Gasteiger partial charge in [0.15, 0.2) is 0 Å². The van der Waals surface area contributed by atoms with Crippen LogP contribution in [0.25, 0.3) is 0 Å². The molecule has 0 bridgehead atoms. The van der Waals surface area contributed by atoms with Crippen LogP contribution in [0.5, 0.6) is 5.75 Å². The van der Waals surface area contributed by atoms with E-state index in [9.17, 15) is 4.79 Å². The SMILES string of the molecule is CCCCCCOc1cccc(NC(=O)CNc2cc(C)ccc2C)c1. The van der Waals surface area contributed by atoms with Crippen LogP contribution in [0.1, 0.15) is 43.7 Å². The molecule has 0 saturated carbocycles. The number of rotatable bonds is 10. The molecule has 0 aliphatic heterocycles. The summed E-state index contributed by atoms with van der Waals surface area (Å²) >= 11 is 0. The number of hydrogen-bond donors (Lipinski definition) is 2. The molecule has 2 rings (SSSR count). The second-order valence-electron chi connectivity index (χ2n) is 6.66. The minimum absolute atomic E-state index is 0.0778. The van der Waals surface area contributed by atoms with Gasteiger partial charge in [0.1, 0.15) is 5.75 Å². The summed E-state index contributed by atoms with van der Waals surface area (Å²) in [5, 5.41) is 6.11. The minimum Gasteiger partial charge on any atom is -0.494 e. The lowest BCUT2D eigenvalue weighted by atomic mass is 10.1. The Bertz CT molecular complexity index is 713. The van der Waals surface area contributed by atoms with Crippen molar-refractivity contribution in [1.82, 2.24) is 0 Å². The first-order valence-electron chi connectivity index (χ1n) is 9.42. The zero-order valence-corrected chi connectivity index (χ0v) is 16.1. The van der Waals surface area contributed by atoms with E-state index in [4.69, 9.17) is 4.74 Å². The Morgan fingerprint density at radius 3 is 2.69 bits per heavy atom. The van der Waals surface area contributed by atoms with E-state index in [0.29, 0.717) is 6.61 Å². The average Bonchev–Trinajstić information content (AvgIpc) is 2.62. The van der Waals surface area contributed by atoms with Crippen LogP contribution < -0.4 is 15.4 Å². The normalized spacial score (nSPS) is 10.4. The Balaban J connectivity index is 1.81. The van der Waals surface area contributed by atoms with Crippen molar-refractivity contribution < 1.29 is 9.53 Å². The molecule has 140 valence electrons. The van der Waals surface area contributed by atoms with Crippen LogP contribution in [0.15, 0.2) is 42.5 Å². The molecule has 0 heterocycles. The van der Waals surface area contributed by atoms with Crippen molar-refractivity contribution in [2.24, 2.45) is 0 Å². The predicted molar refractivity (Wildman–Crippen MR) is 109 cm³/mol. The number of benzene rings is 2. The Labute approximate surface area is 157 Å². The van der Waals surface area contributed by atoms with E-state index in [-0.39, 0.29) is 12.5 Å². The fourth-order valence-electron chi connectivity index (χ4n) is 2.69. The topological polar surface area (TPSA) is 50.4 Å². The molecule has 0 spiro atoms. The van der Waals surface area contributed by atoms with Crippen LogP contribution in [0.2, 0.25) is 0 Å². The smallest absolute Gasteiger partial charge is 0.243 e. The first kappa shape index (κ1) is 19.8. The standard InChI is InChI=1S/C22H30N2O2/c1-4-5-6-7-13-26-20-10-8-9-19(15-20)24-22(25)16-23-21-14-17(2)11-12-18(21)3/h8-12,14-15,23H,4-7,13,16H2,1-3H3,(H,24,25). The van der Waals surface area contributed by atoms with E-state index < -0.39 is 0 Å². The molecule has 0 aliphatic carbocycles. The number of carbonyl (C=O) groups is 1. The van der Waals surface area contributed by atoms with Crippen molar-refractivity contribution >= 4 is 17.3 Å². The third-order valence-corrected chi connectivity index (χ3v) is 4.22. The molecular formula is C22H30N2O2. The fourth-order valence-corrected chi connectivity index (χ4v) is 2.69. The van der Waals surface area contributed by atoms with E-state index >= 15 is 0 Å². The fraction of sp³-hybridized carbons (Fsp3) is 0.409. The zero-order valence-electron chi connectivity index (χ0n) is 16.1. The molecule has 26 heavy (non-hydrogen) atoms. The average molecular weight is 354 g/mol. The van der Waals surface area contributed by atoms with E-state index in [1.165, 1.54) is 24.8 Å². The number of ether oxygens (including phenoxy) is 1. The van der Waals surface area contributed by atoms with Gasteiger partial charge in [0.2, 0.25) is 5.91 Å². The second kappa shape index (κ2) is 10.5. The quantitative estimate of drug-likeness (QED) is 0.568. The second-order valence-corrected chi connectivity index (χ2v) is 6.66. The first-order chi connectivity index (χ1) is 12.6. The number of hydrogen-bond acceptors (Lipinski definition) is 3. The number of carbonyl (C=O) groups excluding carboxylic acids is 1. The third-order valence-electron chi connectivity index (χ3n) is 4.22. The largest absolute Gasteiger partial charge is 0.494 e. The molecular weight excluding hydrogens is 324 g/mol. The summed E-state index contributed by atoms with van der Waals surface area (Å²) in [6, 6.07) is 13.7. The van der Waals surface area contributed by atoms with Gasteiger partial charge in [0.25, 0.3) is 0 Å². The predicted octanol–water partition coefficient (Wildman–Crippen LogP) is 5.31. The van der Waals surface area contributed by atoms with E-state index in [0.717, 1.165) is 29.1 Å². The number of amides is 1. The summed E-state index contributed by atoms with van der Waals surface area (Å²) in [5.41, 5.74) is 4.04. The molecule has 0 radical (unpaired) electrons. The highest BCUT2D eigenvalue weighted by Crippen LogP contribution is 2.19. The number of unbranched alkanes of at least 4 members (excludes halogenated alkanes) is 3. The lowest BCUT2D eigenvalue weighted by molar-refractivity contribution is -0.114. The third kappa shape index (κ3) is 6.79. The Morgan fingerprint density at radius 2 is 1.88 bits per heavy atom. The van der Waals surface area contributed by atoms with Gasteiger partial charge in [0, 0.05) is 17.4 Å². The highest BCUT2D eigenvalue weighted by molar-refractivity contribution is 5.94. The molecule has 0 fully saturated rings. The Hall–Kier alpha value is -2.49. The van der Waals surface area contributed by atoms with Gasteiger partial charge in [-0.2, -0.15) is 0 Å². The van der Waals surface area contributed by atoms with Crippen molar-refractivity contribution in [3.05, 3.63) is 53.6 Å². The van der Waals surface area contributed by atoms with E-state index in [1.54, 1.807) is 0 Å². The summed E-state index contributed by atoms with van der Waals surface area (Å²) in [4.78, 5) is 12.2. The summed E-state index contributed by atoms with van der Waals surface area (Å²) in [5.74, 6) is 0.716. The molecule has 1 amide bonds. The van der Waals surface area contributed by atoms with Gasteiger partial charge in [-0.3, -0.25) is 4.79 Å². The molecule has 0 unspecified atom stereocenters. The van der Waals surface area contributed by atoms with Crippen molar-refractivity contribution in [1.29, 1.82) is 0 Å². The lowest BCUT2D eigenvalue weighted by Gasteiger charge is -2.12. The zero-order chi connectivity index (χ0) is 18.8. The highest BCUT2D eigenvalue weighted by Gasteiger charge is 2.05. The molecule has 4 heteroatoms. The maximum atomic E-state index is 12.2. The first-order valence-corrected chi connectivity index (χ1v) is 9.42. The van der Waals surface area contributed by atoms with Gasteiger partial charge in [-0.05, 0) is 49.6 Å². The number of aryl methyl sites for hydroxylation is 2.